The summed E-state index contributed by atoms with van der Waals surface area (Å²) in [5.74, 6) is 0. The van der Waals surface area contributed by atoms with Crippen LogP contribution in [-0.4, -0.2) is 23.0 Å². The highest BCUT2D eigenvalue weighted by molar-refractivity contribution is 5.23. The molecular weight excluding hydrogens is 212 g/mol. The fraction of sp³-hybridized carbons (Fsp3) is 0.786. The van der Waals surface area contributed by atoms with Gasteiger partial charge in [-0.3, -0.25) is 4.68 Å². The molecule has 17 heavy (non-hydrogen) atoms. The molecule has 1 aliphatic rings. The van der Waals surface area contributed by atoms with Crippen LogP contribution >= 0.6 is 0 Å². The number of hydrogen-bond donors (Lipinski definition) is 0. The van der Waals surface area contributed by atoms with Gasteiger partial charge in [-0.15, -0.1) is 0 Å². The third kappa shape index (κ3) is 2.39. The first-order valence-corrected chi connectivity index (χ1v) is 6.38. The Kier molecular flexibility index (Phi) is 2.85. The van der Waals surface area contributed by atoms with Gasteiger partial charge < -0.3 is 4.74 Å². The molecule has 3 nitrogen and oxygen atoms in total. The average molecular weight is 236 g/mol. The molecule has 0 N–H and O–H groups in total. The molecule has 1 aromatic heterocycles. The molecule has 0 spiro atoms. The third-order valence-corrected chi connectivity index (χ3v) is 3.24. The Balaban J connectivity index is 2.44. The van der Waals surface area contributed by atoms with Crippen molar-refractivity contribution < 1.29 is 4.74 Å². The van der Waals surface area contributed by atoms with Gasteiger partial charge in [-0.2, -0.15) is 5.10 Å². The van der Waals surface area contributed by atoms with Crippen LogP contribution in [0.4, 0.5) is 0 Å². The molecule has 3 heteroatoms. The van der Waals surface area contributed by atoms with Crippen LogP contribution in [0.2, 0.25) is 0 Å². The van der Waals surface area contributed by atoms with Crippen molar-refractivity contribution in [2.24, 2.45) is 0 Å². The predicted octanol–water partition coefficient (Wildman–Crippen LogP) is 3.05. The molecule has 1 aliphatic heterocycles. The summed E-state index contributed by atoms with van der Waals surface area (Å²) in [7, 11) is 0. The van der Waals surface area contributed by atoms with E-state index in [0.29, 0.717) is 6.04 Å². The molecule has 2 rings (SSSR count). The van der Waals surface area contributed by atoms with Crippen LogP contribution in [0.15, 0.2) is 6.07 Å². The lowest BCUT2D eigenvalue weighted by Crippen LogP contribution is -2.34. The number of nitrogens with zero attached hydrogens (tertiary/aromatic N) is 2. The van der Waals surface area contributed by atoms with E-state index in [1.54, 1.807) is 0 Å². The van der Waals surface area contributed by atoms with Crippen molar-refractivity contribution in [2.45, 2.75) is 58.4 Å². The zero-order chi connectivity index (χ0) is 12.8. The molecule has 1 fully saturated rings. The number of ether oxygens (including phenoxy) is 1. The van der Waals surface area contributed by atoms with Crippen LogP contribution in [-0.2, 0) is 15.6 Å². The van der Waals surface area contributed by atoms with E-state index < -0.39 is 0 Å². The van der Waals surface area contributed by atoms with Crippen LogP contribution in [0.1, 0.15) is 59.0 Å². The van der Waals surface area contributed by atoms with Gasteiger partial charge in [-0.05, 0) is 6.07 Å². The van der Waals surface area contributed by atoms with Gasteiger partial charge in [0.1, 0.15) is 0 Å². The van der Waals surface area contributed by atoms with Crippen LogP contribution in [0.25, 0.3) is 0 Å². The zero-order valence-electron chi connectivity index (χ0n) is 11.9. The maximum Gasteiger partial charge on any atom is 0.0988 e. The predicted molar refractivity (Wildman–Crippen MR) is 69.5 cm³/mol. The molecule has 0 saturated carbocycles. The second kappa shape index (κ2) is 3.84. The van der Waals surface area contributed by atoms with Crippen molar-refractivity contribution in [3.05, 3.63) is 17.5 Å². The fourth-order valence-electron chi connectivity index (χ4n) is 1.96. The van der Waals surface area contributed by atoms with Crippen LogP contribution in [0.5, 0.6) is 0 Å². The van der Waals surface area contributed by atoms with Crippen molar-refractivity contribution in [1.82, 2.24) is 9.78 Å². The van der Waals surface area contributed by atoms with Crippen molar-refractivity contribution >= 4 is 0 Å². The van der Waals surface area contributed by atoms with Gasteiger partial charge in [-0.1, -0.05) is 41.5 Å². The summed E-state index contributed by atoms with van der Waals surface area (Å²) >= 11 is 0. The molecular formula is C14H24N2O. The minimum Gasteiger partial charge on any atom is -0.377 e. The molecule has 0 radical (unpaired) electrons. The highest BCUT2D eigenvalue weighted by atomic mass is 16.5. The van der Waals surface area contributed by atoms with E-state index in [2.05, 4.69) is 52.3 Å². The molecule has 0 aliphatic carbocycles. The SMILES string of the molecule is CC(C)(C)c1cc(C(C)(C)C)n(C2COC2)n1. The highest BCUT2D eigenvalue weighted by Crippen LogP contribution is 2.32. The topological polar surface area (TPSA) is 27.1 Å². The zero-order valence-corrected chi connectivity index (χ0v) is 11.9. The summed E-state index contributed by atoms with van der Waals surface area (Å²) in [6, 6.07) is 2.69. The fourth-order valence-corrected chi connectivity index (χ4v) is 1.96. The van der Waals surface area contributed by atoms with Gasteiger partial charge >= 0.3 is 0 Å². The second-order valence-electron chi connectivity index (χ2n) is 7.05. The summed E-state index contributed by atoms with van der Waals surface area (Å²) in [5, 5.41) is 4.81. The van der Waals surface area contributed by atoms with E-state index in [0.717, 1.165) is 13.2 Å². The van der Waals surface area contributed by atoms with Crippen molar-refractivity contribution in [3.63, 3.8) is 0 Å². The van der Waals surface area contributed by atoms with Gasteiger partial charge in [0.15, 0.2) is 0 Å². The van der Waals surface area contributed by atoms with E-state index in [-0.39, 0.29) is 10.8 Å². The Labute approximate surface area is 104 Å². The van der Waals surface area contributed by atoms with E-state index in [9.17, 15) is 0 Å². The summed E-state index contributed by atoms with van der Waals surface area (Å²) < 4.78 is 7.48. The minimum atomic E-state index is 0.107. The quantitative estimate of drug-likeness (QED) is 0.749. The van der Waals surface area contributed by atoms with Gasteiger partial charge in [0, 0.05) is 16.5 Å². The Bertz CT molecular complexity index is 403. The molecule has 0 atom stereocenters. The molecule has 1 saturated heterocycles. The number of hydrogen-bond acceptors (Lipinski definition) is 2. The Morgan fingerprint density at radius 3 is 2.06 bits per heavy atom. The molecule has 0 bridgehead atoms. The van der Waals surface area contributed by atoms with Gasteiger partial charge in [0.25, 0.3) is 0 Å². The van der Waals surface area contributed by atoms with Crippen molar-refractivity contribution in [1.29, 1.82) is 0 Å². The lowest BCUT2D eigenvalue weighted by Gasteiger charge is -2.31. The monoisotopic (exact) mass is 236 g/mol. The highest BCUT2D eigenvalue weighted by Gasteiger charge is 2.31. The summed E-state index contributed by atoms with van der Waals surface area (Å²) in [5.41, 5.74) is 2.73. The van der Waals surface area contributed by atoms with Crippen molar-refractivity contribution in [2.75, 3.05) is 13.2 Å². The first-order valence-electron chi connectivity index (χ1n) is 6.38. The first-order chi connectivity index (χ1) is 7.69. The maximum atomic E-state index is 5.29. The molecule has 96 valence electrons. The molecule has 0 aromatic carbocycles. The van der Waals surface area contributed by atoms with E-state index in [4.69, 9.17) is 9.84 Å². The van der Waals surface area contributed by atoms with E-state index in [1.807, 2.05) is 0 Å². The van der Waals surface area contributed by atoms with E-state index >= 15 is 0 Å². The number of rotatable bonds is 1. The summed E-state index contributed by atoms with van der Waals surface area (Å²) in [4.78, 5) is 0. The minimum absolute atomic E-state index is 0.107. The Morgan fingerprint density at radius 2 is 1.71 bits per heavy atom. The Morgan fingerprint density at radius 1 is 1.12 bits per heavy atom. The van der Waals surface area contributed by atoms with Crippen LogP contribution in [0, 0.1) is 0 Å². The maximum absolute atomic E-state index is 5.29. The number of aromatic nitrogens is 2. The van der Waals surface area contributed by atoms with Crippen molar-refractivity contribution in [3.8, 4) is 0 Å². The standard InChI is InChI=1S/C14H24N2O/c1-13(2,3)11-7-12(14(4,5)6)16(15-11)10-8-17-9-10/h7,10H,8-9H2,1-6H3. The normalized spacial score (nSPS) is 18.2. The van der Waals surface area contributed by atoms with Gasteiger partial charge in [0.2, 0.25) is 0 Å². The first kappa shape index (κ1) is 12.6. The van der Waals surface area contributed by atoms with Crippen LogP contribution < -0.4 is 0 Å². The summed E-state index contributed by atoms with van der Waals surface area (Å²) in [6.07, 6.45) is 0. The smallest absolute Gasteiger partial charge is 0.0988 e. The molecule has 1 aromatic rings. The van der Waals surface area contributed by atoms with Gasteiger partial charge in [0.05, 0.1) is 24.9 Å². The largest absolute Gasteiger partial charge is 0.377 e. The van der Waals surface area contributed by atoms with Crippen LogP contribution in [0.3, 0.4) is 0 Å². The average Bonchev–Trinajstić information content (AvgIpc) is 2.42. The molecule has 2 heterocycles. The lowest BCUT2D eigenvalue weighted by atomic mass is 9.87. The lowest BCUT2D eigenvalue weighted by molar-refractivity contribution is -0.0310. The van der Waals surface area contributed by atoms with Gasteiger partial charge in [-0.25, -0.2) is 0 Å². The second-order valence-corrected chi connectivity index (χ2v) is 7.05. The van der Waals surface area contributed by atoms with E-state index in [1.165, 1.54) is 11.4 Å². The third-order valence-electron chi connectivity index (χ3n) is 3.24. The summed E-state index contributed by atoms with van der Waals surface area (Å²) in [6.45, 7) is 15.0. The molecule has 0 unspecified atom stereocenters. The molecule has 0 amide bonds. The Hall–Kier alpha value is -0.830.